The predicted molar refractivity (Wildman–Crippen MR) is 68.9 cm³/mol. The summed E-state index contributed by atoms with van der Waals surface area (Å²) in [6, 6.07) is 1.71. The van der Waals surface area contributed by atoms with Crippen LogP contribution in [0.2, 0.25) is 5.28 Å². The van der Waals surface area contributed by atoms with Crippen molar-refractivity contribution in [1.29, 1.82) is 0 Å². The number of hydrogen-bond acceptors (Lipinski definition) is 4. The minimum Gasteiger partial charge on any atom is -0.443 e. The highest BCUT2D eigenvalue weighted by atomic mass is 35.5. The Kier molecular flexibility index (Phi) is 3.02. The molecule has 0 fully saturated rings. The molecule has 0 aliphatic rings. The molecule has 0 aliphatic carbocycles. The standard InChI is InChI=1S/C12H14ClN3O2/c1-7-9-8(15-10(13)14-7)5-6-16(9)11(17)18-12(2,3)4/h5-6H,1-4H3. The number of nitrogens with zero attached hydrogens (tertiary/aromatic N) is 3. The number of carbonyl (C=O) groups excluding carboxylic acids is 1. The second-order valence-electron chi connectivity index (χ2n) is 4.98. The van der Waals surface area contributed by atoms with E-state index in [4.69, 9.17) is 16.3 Å². The molecule has 0 radical (unpaired) electrons. The lowest BCUT2D eigenvalue weighted by Gasteiger charge is -2.19. The summed E-state index contributed by atoms with van der Waals surface area (Å²) in [5.41, 5.74) is 1.34. The van der Waals surface area contributed by atoms with E-state index < -0.39 is 11.7 Å². The van der Waals surface area contributed by atoms with E-state index in [9.17, 15) is 4.79 Å². The highest BCUT2D eigenvalue weighted by Crippen LogP contribution is 2.20. The molecule has 6 heteroatoms. The van der Waals surface area contributed by atoms with Crippen molar-refractivity contribution >= 4 is 28.7 Å². The molecule has 2 heterocycles. The van der Waals surface area contributed by atoms with Gasteiger partial charge in [-0.1, -0.05) is 0 Å². The maximum atomic E-state index is 12.0. The fourth-order valence-electron chi connectivity index (χ4n) is 1.65. The number of aromatic nitrogens is 3. The van der Waals surface area contributed by atoms with Gasteiger partial charge in [0.2, 0.25) is 5.28 Å². The molecule has 0 aliphatic heterocycles. The van der Waals surface area contributed by atoms with Gasteiger partial charge in [-0.3, -0.25) is 0 Å². The van der Waals surface area contributed by atoms with Gasteiger partial charge in [-0.25, -0.2) is 19.3 Å². The summed E-state index contributed by atoms with van der Waals surface area (Å²) in [5, 5.41) is 0.168. The third kappa shape index (κ3) is 2.46. The SMILES string of the molecule is Cc1nc(Cl)nc2ccn(C(=O)OC(C)(C)C)c12. The first-order valence-electron chi connectivity index (χ1n) is 5.52. The van der Waals surface area contributed by atoms with Crippen LogP contribution in [0.25, 0.3) is 11.0 Å². The van der Waals surface area contributed by atoms with Crippen molar-refractivity contribution in [3.05, 3.63) is 23.2 Å². The maximum Gasteiger partial charge on any atom is 0.419 e. The van der Waals surface area contributed by atoms with Crippen LogP contribution < -0.4 is 0 Å². The molecule has 96 valence electrons. The highest BCUT2D eigenvalue weighted by Gasteiger charge is 2.20. The smallest absolute Gasteiger partial charge is 0.419 e. The van der Waals surface area contributed by atoms with Crippen LogP contribution in [0.15, 0.2) is 12.3 Å². The molecule has 2 aromatic heterocycles. The summed E-state index contributed by atoms with van der Waals surface area (Å²) in [6.45, 7) is 7.22. The summed E-state index contributed by atoms with van der Waals surface area (Å²) in [5.74, 6) is 0. The van der Waals surface area contributed by atoms with Crippen LogP contribution in [-0.4, -0.2) is 26.2 Å². The fourth-order valence-corrected chi connectivity index (χ4v) is 1.87. The van der Waals surface area contributed by atoms with Gasteiger partial charge in [-0.15, -0.1) is 0 Å². The lowest BCUT2D eigenvalue weighted by molar-refractivity contribution is 0.0544. The van der Waals surface area contributed by atoms with Gasteiger partial charge in [-0.05, 0) is 45.4 Å². The molecule has 2 rings (SSSR count). The van der Waals surface area contributed by atoms with Crippen LogP contribution in [0, 0.1) is 6.92 Å². The molecular formula is C12H14ClN3O2. The van der Waals surface area contributed by atoms with Crippen LogP contribution >= 0.6 is 11.6 Å². The number of rotatable bonds is 0. The Balaban J connectivity index is 2.50. The maximum absolute atomic E-state index is 12.0. The summed E-state index contributed by atoms with van der Waals surface area (Å²) in [6.07, 6.45) is 1.16. The average molecular weight is 268 g/mol. The number of aryl methyl sites for hydroxylation is 1. The fraction of sp³-hybridized carbons (Fsp3) is 0.417. The van der Waals surface area contributed by atoms with Crippen LogP contribution in [0.3, 0.4) is 0 Å². The number of carbonyl (C=O) groups is 1. The molecule has 0 amide bonds. The first kappa shape index (κ1) is 12.8. The van der Waals surface area contributed by atoms with Crippen molar-refractivity contribution in [2.24, 2.45) is 0 Å². The Hall–Kier alpha value is -1.62. The number of halogens is 1. The summed E-state index contributed by atoms with van der Waals surface area (Å²) in [4.78, 5) is 20.1. The van der Waals surface area contributed by atoms with Crippen molar-refractivity contribution in [3.63, 3.8) is 0 Å². The van der Waals surface area contributed by atoms with E-state index >= 15 is 0 Å². The van der Waals surface area contributed by atoms with Gasteiger partial charge in [0.15, 0.2) is 0 Å². The van der Waals surface area contributed by atoms with Crippen LogP contribution in [0.4, 0.5) is 4.79 Å². The summed E-state index contributed by atoms with van der Waals surface area (Å²) in [7, 11) is 0. The quantitative estimate of drug-likeness (QED) is 0.688. The van der Waals surface area contributed by atoms with E-state index in [0.29, 0.717) is 16.7 Å². The van der Waals surface area contributed by atoms with Gasteiger partial charge >= 0.3 is 6.09 Å². The van der Waals surface area contributed by atoms with Crippen LogP contribution in [0.1, 0.15) is 26.5 Å². The molecule has 0 N–H and O–H groups in total. The molecule has 18 heavy (non-hydrogen) atoms. The van der Waals surface area contributed by atoms with E-state index in [0.717, 1.165) is 0 Å². The number of fused-ring (bicyclic) bond motifs is 1. The molecule has 0 aromatic carbocycles. The molecule has 0 atom stereocenters. The Labute approximate surface area is 110 Å². The Morgan fingerprint density at radius 2 is 2.06 bits per heavy atom. The monoisotopic (exact) mass is 267 g/mol. The van der Waals surface area contributed by atoms with Gasteiger partial charge in [0, 0.05) is 6.20 Å². The zero-order valence-corrected chi connectivity index (χ0v) is 11.4. The number of ether oxygens (including phenoxy) is 1. The van der Waals surface area contributed by atoms with Crippen molar-refractivity contribution < 1.29 is 9.53 Å². The van der Waals surface area contributed by atoms with Crippen molar-refractivity contribution in [2.75, 3.05) is 0 Å². The molecule has 0 unspecified atom stereocenters. The predicted octanol–water partition coefficient (Wildman–Crippen LogP) is 3.18. The minimum absolute atomic E-state index is 0.168. The Bertz CT molecular complexity index is 614. The summed E-state index contributed by atoms with van der Waals surface area (Å²) >= 11 is 5.77. The van der Waals surface area contributed by atoms with E-state index in [1.54, 1.807) is 19.2 Å². The van der Waals surface area contributed by atoms with Crippen LogP contribution in [-0.2, 0) is 4.74 Å². The molecule has 0 bridgehead atoms. The second kappa shape index (κ2) is 4.24. The largest absolute Gasteiger partial charge is 0.443 e. The third-order valence-corrected chi connectivity index (χ3v) is 2.44. The van der Waals surface area contributed by atoms with E-state index in [1.807, 2.05) is 20.8 Å². The lowest BCUT2D eigenvalue weighted by Crippen LogP contribution is -2.26. The van der Waals surface area contributed by atoms with Gasteiger partial charge in [0.25, 0.3) is 0 Å². The first-order valence-corrected chi connectivity index (χ1v) is 5.90. The summed E-state index contributed by atoms with van der Waals surface area (Å²) < 4.78 is 6.71. The highest BCUT2D eigenvalue weighted by molar-refractivity contribution is 6.28. The van der Waals surface area contributed by atoms with Crippen molar-refractivity contribution in [3.8, 4) is 0 Å². The Morgan fingerprint density at radius 1 is 1.39 bits per heavy atom. The Morgan fingerprint density at radius 3 is 2.67 bits per heavy atom. The first-order chi connectivity index (χ1) is 8.28. The zero-order valence-electron chi connectivity index (χ0n) is 10.7. The second-order valence-corrected chi connectivity index (χ2v) is 5.32. The topological polar surface area (TPSA) is 57.0 Å². The van der Waals surface area contributed by atoms with Crippen molar-refractivity contribution in [1.82, 2.24) is 14.5 Å². The molecular weight excluding hydrogens is 254 g/mol. The normalized spacial score (nSPS) is 11.8. The minimum atomic E-state index is -0.547. The van der Waals surface area contributed by atoms with Crippen LogP contribution in [0.5, 0.6) is 0 Å². The third-order valence-electron chi connectivity index (χ3n) is 2.27. The van der Waals surface area contributed by atoms with Gasteiger partial charge in [0.1, 0.15) is 5.60 Å². The van der Waals surface area contributed by atoms with Crippen molar-refractivity contribution in [2.45, 2.75) is 33.3 Å². The van der Waals surface area contributed by atoms with Gasteiger partial charge < -0.3 is 4.74 Å². The molecule has 0 saturated heterocycles. The lowest BCUT2D eigenvalue weighted by atomic mass is 10.2. The van der Waals surface area contributed by atoms with Gasteiger partial charge in [-0.2, -0.15) is 0 Å². The molecule has 5 nitrogen and oxygen atoms in total. The average Bonchev–Trinajstić information content (AvgIpc) is 2.58. The molecule has 2 aromatic rings. The van der Waals surface area contributed by atoms with E-state index in [1.165, 1.54) is 4.57 Å². The zero-order chi connectivity index (χ0) is 13.5. The number of hydrogen-bond donors (Lipinski definition) is 0. The van der Waals surface area contributed by atoms with E-state index in [-0.39, 0.29) is 5.28 Å². The molecule has 0 spiro atoms. The van der Waals surface area contributed by atoms with Gasteiger partial charge in [0.05, 0.1) is 16.7 Å². The van der Waals surface area contributed by atoms with E-state index in [2.05, 4.69) is 9.97 Å². The molecule has 0 saturated carbocycles.